The number of nitro groups is 1. The van der Waals surface area contributed by atoms with Gasteiger partial charge in [0.25, 0.3) is 5.69 Å². The van der Waals surface area contributed by atoms with Crippen molar-refractivity contribution < 1.29 is 40.8 Å². The topological polar surface area (TPSA) is 81.5 Å². The van der Waals surface area contributed by atoms with Gasteiger partial charge >= 0.3 is 12.4 Å². The minimum Gasteiger partial charge on any atom is -0.455 e. The molecule has 4 rings (SSSR count). The first-order valence-corrected chi connectivity index (χ1v) is 13.1. The van der Waals surface area contributed by atoms with Crippen LogP contribution in [0.4, 0.5) is 37.7 Å². The van der Waals surface area contributed by atoms with Gasteiger partial charge in [0.2, 0.25) is 5.91 Å². The molecule has 1 N–H and O–H groups in total. The van der Waals surface area contributed by atoms with Gasteiger partial charge in [0.05, 0.1) is 32.4 Å². The predicted octanol–water partition coefficient (Wildman–Crippen LogP) is 8.75. The summed E-state index contributed by atoms with van der Waals surface area (Å²) in [7, 11) is 0. The fourth-order valence-corrected chi connectivity index (χ4v) is 4.67. The van der Waals surface area contributed by atoms with E-state index in [4.69, 9.17) is 4.74 Å². The minimum atomic E-state index is -4.81. The third-order valence-electron chi connectivity index (χ3n) is 5.85. The van der Waals surface area contributed by atoms with Gasteiger partial charge in [0.1, 0.15) is 5.75 Å². The van der Waals surface area contributed by atoms with Crippen LogP contribution in [0.1, 0.15) is 22.3 Å². The number of alkyl halides is 6. The maximum Gasteiger partial charge on any atom is 0.416 e. The minimum absolute atomic E-state index is 0.0950. The summed E-state index contributed by atoms with van der Waals surface area (Å²) in [6.07, 6.45) is -9.09. The van der Waals surface area contributed by atoms with Gasteiger partial charge in [-0.25, -0.2) is 0 Å². The maximum absolute atomic E-state index is 13.5. The van der Waals surface area contributed by atoms with Gasteiger partial charge in [-0.05, 0) is 47.5 Å². The van der Waals surface area contributed by atoms with E-state index in [1.54, 1.807) is 24.3 Å². The molecule has 0 radical (unpaired) electrons. The van der Waals surface area contributed by atoms with Crippen LogP contribution in [0.15, 0.2) is 95.9 Å². The summed E-state index contributed by atoms with van der Waals surface area (Å²) >= 11 is 0.561. The second-order valence-corrected chi connectivity index (χ2v) is 9.87. The normalized spacial score (nSPS) is 11.7. The summed E-state index contributed by atoms with van der Waals surface area (Å²) in [4.78, 5) is 22.8. The molecule has 13 heteroatoms. The van der Waals surface area contributed by atoms with Gasteiger partial charge in [-0.15, -0.1) is 11.8 Å². The summed E-state index contributed by atoms with van der Waals surface area (Å²) < 4.78 is 85.3. The average molecular weight is 607 g/mol. The first kappa shape index (κ1) is 30.4. The van der Waals surface area contributed by atoms with Gasteiger partial charge in [0.15, 0.2) is 5.75 Å². The van der Waals surface area contributed by atoms with E-state index in [2.05, 4.69) is 5.32 Å². The molecule has 0 heterocycles. The number of hydrogen-bond acceptors (Lipinski definition) is 5. The number of halogens is 6. The van der Waals surface area contributed by atoms with Gasteiger partial charge in [0, 0.05) is 12.5 Å². The maximum atomic E-state index is 13.5. The largest absolute Gasteiger partial charge is 0.455 e. The lowest BCUT2D eigenvalue weighted by Crippen LogP contribution is -2.16. The Balaban J connectivity index is 1.57. The molecule has 0 aliphatic heterocycles. The van der Waals surface area contributed by atoms with E-state index in [0.29, 0.717) is 42.1 Å². The number of rotatable bonds is 9. The van der Waals surface area contributed by atoms with Crippen molar-refractivity contribution in [2.75, 3.05) is 11.1 Å². The zero-order valence-electron chi connectivity index (χ0n) is 21.3. The Labute approximate surface area is 239 Å². The molecular formula is C29H20F6N2O4S. The molecule has 218 valence electrons. The van der Waals surface area contributed by atoms with Crippen LogP contribution in [-0.4, -0.2) is 16.6 Å². The highest BCUT2D eigenvalue weighted by Gasteiger charge is 2.34. The molecule has 0 aliphatic carbocycles. The Morgan fingerprint density at radius 1 is 0.810 bits per heavy atom. The molecule has 4 aromatic rings. The van der Waals surface area contributed by atoms with Crippen molar-refractivity contribution in [3.63, 3.8) is 0 Å². The van der Waals surface area contributed by atoms with Gasteiger partial charge in [-0.3, -0.25) is 14.9 Å². The van der Waals surface area contributed by atoms with Crippen molar-refractivity contribution in [1.29, 1.82) is 0 Å². The zero-order chi connectivity index (χ0) is 30.5. The summed E-state index contributed by atoms with van der Waals surface area (Å²) in [5.74, 6) is -1.17. The van der Waals surface area contributed by atoms with Crippen molar-refractivity contribution in [1.82, 2.24) is 0 Å². The zero-order valence-corrected chi connectivity index (χ0v) is 22.1. The number of amides is 1. The van der Waals surface area contributed by atoms with E-state index in [9.17, 15) is 41.3 Å². The molecule has 1 amide bonds. The number of nitrogens with one attached hydrogen (secondary N) is 1. The van der Waals surface area contributed by atoms with Crippen LogP contribution in [0.5, 0.6) is 11.5 Å². The Hall–Kier alpha value is -4.52. The number of ether oxygens (including phenoxy) is 1. The molecule has 0 saturated carbocycles. The summed E-state index contributed by atoms with van der Waals surface area (Å²) in [5.41, 5.74) is -1.78. The Morgan fingerprint density at radius 3 is 2.10 bits per heavy atom. The predicted molar refractivity (Wildman–Crippen MR) is 145 cm³/mol. The van der Waals surface area contributed by atoms with Gasteiger partial charge in [-0.2, -0.15) is 26.3 Å². The molecule has 42 heavy (non-hydrogen) atoms. The fourth-order valence-electron chi connectivity index (χ4n) is 3.86. The molecule has 6 nitrogen and oxygen atoms in total. The molecule has 0 atom stereocenters. The molecule has 0 fully saturated rings. The number of thioether (sulfide) groups is 1. The monoisotopic (exact) mass is 606 g/mol. The van der Waals surface area contributed by atoms with E-state index in [1.165, 1.54) is 0 Å². The first-order valence-electron chi connectivity index (χ1n) is 12.1. The fraction of sp³-hybridized carbons (Fsp3) is 0.138. The highest BCUT2D eigenvalue weighted by Crippen LogP contribution is 2.39. The summed E-state index contributed by atoms with van der Waals surface area (Å²) in [6.45, 7) is 0. The first-order chi connectivity index (χ1) is 19.8. The summed E-state index contributed by atoms with van der Waals surface area (Å²) in [6, 6.07) is 20.7. The number of para-hydroxylation sites is 1. The van der Waals surface area contributed by atoms with Crippen molar-refractivity contribution in [2.24, 2.45) is 0 Å². The Bertz CT molecular complexity index is 1590. The number of carbonyl (C=O) groups excluding carboxylic acids is 1. The molecular weight excluding hydrogens is 586 g/mol. The van der Waals surface area contributed by atoms with Crippen LogP contribution >= 0.6 is 11.8 Å². The molecule has 0 unspecified atom stereocenters. The quantitative estimate of drug-likeness (QED) is 0.0892. The molecule has 0 spiro atoms. The highest BCUT2D eigenvalue weighted by atomic mass is 32.2. The second kappa shape index (κ2) is 12.6. The van der Waals surface area contributed by atoms with E-state index in [-0.39, 0.29) is 16.3 Å². The van der Waals surface area contributed by atoms with Crippen molar-refractivity contribution >= 4 is 29.0 Å². The van der Waals surface area contributed by atoms with Gasteiger partial charge in [-0.1, -0.05) is 48.5 Å². The third-order valence-corrected chi connectivity index (χ3v) is 6.92. The smallest absolute Gasteiger partial charge is 0.416 e. The van der Waals surface area contributed by atoms with Crippen molar-refractivity contribution in [3.05, 3.63) is 123 Å². The molecule has 4 aromatic carbocycles. The molecule has 0 aliphatic rings. The lowest BCUT2D eigenvalue weighted by molar-refractivity contribution is -0.388. The van der Waals surface area contributed by atoms with Gasteiger partial charge < -0.3 is 10.1 Å². The Kier molecular flexibility index (Phi) is 9.10. The van der Waals surface area contributed by atoms with E-state index >= 15 is 0 Å². The lowest BCUT2D eigenvalue weighted by atomic mass is 10.0. The number of nitrogens with zero attached hydrogens (tertiary/aromatic N) is 1. The van der Waals surface area contributed by atoms with E-state index in [0.717, 1.165) is 29.3 Å². The van der Waals surface area contributed by atoms with Crippen molar-refractivity contribution in [3.8, 4) is 11.5 Å². The van der Waals surface area contributed by atoms with Crippen LogP contribution in [0.2, 0.25) is 0 Å². The Morgan fingerprint density at radius 2 is 1.43 bits per heavy atom. The van der Waals surface area contributed by atoms with Crippen LogP contribution in [-0.2, 0) is 23.6 Å². The number of benzene rings is 4. The van der Waals surface area contributed by atoms with Crippen LogP contribution in [0.3, 0.4) is 0 Å². The van der Waals surface area contributed by atoms with Crippen LogP contribution in [0, 0.1) is 10.1 Å². The molecule has 0 bridgehead atoms. The van der Waals surface area contributed by atoms with Crippen LogP contribution < -0.4 is 10.1 Å². The summed E-state index contributed by atoms with van der Waals surface area (Å²) in [5, 5.41) is 13.7. The highest BCUT2D eigenvalue weighted by molar-refractivity contribution is 8.00. The second-order valence-electron chi connectivity index (χ2n) is 8.86. The van der Waals surface area contributed by atoms with Crippen molar-refractivity contribution in [2.45, 2.75) is 23.7 Å². The number of nitro benzene ring substituents is 1. The number of anilines is 1. The van der Waals surface area contributed by atoms with E-state index in [1.807, 2.05) is 30.3 Å². The van der Waals surface area contributed by atoms with E-state index < -0.39 is 45.8 Å². The third kappa shape index (κ3) is 7.81. The number of carbonyl (C=O) groups is 1. The van der Waals surface area contributed by atoms with Crippen LogP contribution in [0.25, 0.3) is 0 Å². The standard InChI is InChI=1S/C29H20F6N2O4S/c30-28(31,32)20-10-12-25(41-24-9-5-4-8-19(24)14-18-6-2-1-3-7-18)22(15-20)36-27(38)17-42-26-13-11-21(29(33,34)35)16-23(26)37(39)40/h1-13,15-16H,14,17H2,(H,36,38). The lowest BCUT2D eigenvalue weighted by Gasteiger charge is -2.17. The molecule has 0 saturated heterocycles. The molecule has 0 aromatic heterocycles. The average Bonchev–Trinajstić information content (AvgIpc) is 2.93. The number of hydrogen-bond donors (Lipinski definition) is 1. The SMILES string of the molecule is O=C(CSc1ccc(C(F)(F)F)cc1[N+](=O)[O-])Nc1cc(C(F)(F)F)ccc1Oc1ccccc1Cc1ccccc1.